The van der Waals surface area contributed by atoms with Crippen molar-refractivity contribution >= 4 is 17.6 Å². The number of pyridine rings is 1. The van der Waals surface area contributed by atoms with Crippen LogP contribution in [-0.2, 0) is 4.79 Å². The minimum atomic E-state index is -3.03. The van der Waals surface area contributed by atoms with Crippen LogP contribution < -0.4 is 24.4 Å². The zero-order valence-corrected chi connectivity index (χ0v) is 25.9. The summed E-state index contributed by atoms with van der Waals surface area (Å²) in [5, 5.41) is 2.64. The maximum absolute atomic E-state index is 15.4. The lowest BCUT2D eigenvalue weighted by molar-refractivity contribution is -0.120. The third-order valence-electron chi connectivity index (χ3n) is 8.66. The van der Waals surface area contributed by atoms with Crippen molar-refractivity contribution in [2.24, 2.45) is 5.92 Å². The molecule has 5 rings (SSSR count). The predicted octanol–water partition coefficient (Wildman–Crippen LogP) is 5.30. The standard InChI is InChI=1S/C33H35F5N4O5/c1-45-22-13-26(35)30(27(36)14-22)25-18-42(29-16-23(46-2)15-28(40-29)19-7-10-41(11-8-19)12-9-34)32(44)24(25)17-39-31(43)20-3-5-21(6-4-20)47-33(37)38/h3-6,13-16,19,24-25,33H,7-12,17-18H2,1-2H3,(H,39,43)/t24?,25-/m1/s1. The van der Waals surface area contributed by atoms with Crippen LogP contribution in [-0.4, -0.2) is 81.9 Å². The molecule has 9 nitrogen and oxygen atoms in total. The second kappa shape index (κ2) is 15.0. The van der Waals surface area contributed by atoms with Gasteiger partial charge in [0.2, 0.25) is 5.91 Å². The number of nitrogens with zero attached hydrogens (tertiary/aromatic N) is 3. The second-order valence-corrected chi connectivity index (χ2v) is 11.4. The van der Waals surface area contributed by atoms with Crippen LogP contribution in [0.3, 0.4) is 0 Å². The number of benzene rings is 2. The average molecular weight is 663 g/mol. The molecule has 3 aromatic rings. The molecule has 14 heteroatoms. The van der Waals surface area contributed by atoms with Crippen molar-refractivity contribution in [2.75, 3.05) is 58.5 Å². The van der Waals surface area contributed by atoms with Crippen molar-refractivity contribution < 1.29 is 45.8 Å². The van der Waals surface area contributed by atoms with Crippen LogP contribution >= 0.6 is 0 Å². The lowest BCUT2D eigenvalue weighted by Gasteiger charge is -2.31. The molecule has 2 amide bonds. The van der Waals surface area contributed by atoms with Crippen molar-refractivity contribution in [3.8, 4) is 17.2 Å². The Morgan fingerprint density at radius 3 is 2.21 bits per heavy atom. The quantitative estimate of drug-likeness (QED) is 0.263. The van der Waals surface area contributed by atoms with Gasteiger partial charge in [-0.1, -0.05) is 0 Å². The first-order valence-electron chi connectivity index (χ1n) is 15.1. The monoisotopic (exact) mass is 662 g/mol. The molecule has 0 radical (unpaired) electrons. The molecule has 0 aliphatic carbocycles. The zero-order chi connectivity index (χ0) is 33.7. The highest BCUT2D eigenvalue weighted by atomic mass is 19.3. The summed E-state index contributed by atoms with van der Waals surface area (Å²) in [5.41, 5.74) is 0.447. The summed E-state index contributed by atoms with van der Waals surface area (Å²) in [7, 11) is 2.75. The van der Waals surface area contributed by atoms with Gasteiger partial charge < -0.3 is 24.4 Å². The molecule has 47 heavy (non-hydrogen) atoms. The van der Waals surface area contributed by atoms with Crippen molar-refractivity contribution in [3.63, 3.8) is 0 Å². The topological polar surface area (TPSA) is 93.2 Å². The lowest BCUT2D eigenvalue weighted by atomic mass is 9.87. The molecule has 2 aliphatic heterocycles. The summed E-state index contributed by atoms with van der Waals surface area (Å²) >= 11 is 0. The number of methoxy groups -OCH3 is 2. The number of amides is 2. The van der Waals surface area contributed by atoms with Crippen LogP contribution in [0.5, 0.6) is 17.2 Å². The van der Waals surface area contributed by atoms with Gasteiger partial charge in [0.05, 0.1) is 20.1 Å². The van der Waals surface area contributed by atoms with Crippen molar-refractivity contribution in [3.05, 3.63) is 77.0 Å². The number of carbonyl (C=O) groups excluding carboxylic acids is 2. The fraction of sp³-hybridized carbons (Fsp3) is 0.424. The van der Waals surface area contributed by atoms with Gasteiger partial charge in [0, 0.05) is 72.6 Å². The number of alkyl halides is 3. The number of hydrogen-bond donors (Lipinski definition) is 1. The van der Waals surface area contributed by atoms with Gasteiger partial charge in [-0.05, 0) is 50.2 Å². The number of carbonyl (C=O) groups is 2. The molecule has 2 aromatic carbocycles. The van der Waals surface area contributed by atoms with Crippen LogP contribution in [0.2, 0.25) is 0 Å². The molecular formula is C33H35F5N4O5. The molecule has 0 spiro atoms. The first-order valence-corrected chi connectivity index (χ1v) is 15.1. The summed E-state index contributed by atoms with van der Waals surface area (Å²) in [5.74, 6) is -4.57. The second-order valence-electron chi connectivity index (χ2n) is 11.4. The normalized spacial score (nSPS) is 18.9. The van der Waals surface area contributed by atoms with E-state index >= 15 is 8.78 Å². The van der Waals surface area contributed by atoms with Crippen LogP contribution in [0, 0.1) is 17.6 Å². The minimum absolute atomic E-state index is 0.0252. The van der Waals surface area contributed by atoms with Crippen LogP contribution in [0.1, 0.15) is 46.3 Å². The van der Waals surface area contributed by atoms with E-state index in [2.05, 4.69) is 10.1 Å². The number of aromatic nitrogens is 1. The highest BCUT2D eigenvalue weighted by molar-refractivity contribution is 5.99. The van der Waals surface area contributed by atoms with Gasteiger partial charge in [0.15, 0.2) is 0 Å². The fourth-order valence-electron chi connectivity index (χ4n) is 6.19. The van der Waals surface area contributed by atoms with Gasteiger partial charge >= 0.3 is 6.61 Å². The predicted molar refractivity (Wildman–Crippen MR) is 162 cm³/mol. The Hall–Kier alpha value is -4.46. The van der Waals surface area contributed by atoms with E-state index in [0.29, 0.717) is 31.1 Å². The number of rotatable bonds is 12. The molecule has 252 valence electrons. The number of ether oxygens (including phenoxy) is 3. The van der Waals surface area contributed by atoms with Crippen LogP contribution in [0.15, 0.2) is 48.5 Å². The molecule has 2 fully saturated rings. The van der Waals surface area contributed by atoms with E-state index in [-0.39, 0.29) is 47.5 Å². The fourth-order valence-corrected chi connectivity index (χ4v) is 6.19. The third kappa shape index (κ3) is 7.75. The first kappa shape index (κ1) is 33.9. The van der Waals surface area contributed by atoms with E-state index in [0.717, 1.165) is 25.0 Å². The third-order valence-corrected chi connectivity index (χ3v) is 8.66. The Labute approximate surface area is 268 Å². The minimum Gasteiger partial charge on any atom is -0.497 e. The van der Waals surface area contributed by atoms with Crippen LogP contribution in [0.4, 0.5) is 27.8 Å². The van der Waals surface area contributed by atoms with Gasteiger partial charge in [-0.3, -0.25) is 14.5 Å². The van der Waals surface area contributed by atoms with Gasteiger partial charge in [-0.25, -0.2) is 18.2 Å². The molecule has 2 aliphatic rings. The molecule has 1 aromatic heterocycles. The van der Waals surface area contributed by atoms with E-state index in [1.54, 1.807) is 12.1 Å². The number of piperidine rings is 1. The Morgan fingerprint density at radius 2 is 1.62 bits per heavy atom. The van der Waals surface area contributed by atoms with E-state index in [1.165, 1.54) is 43.4 Å². The molecule has 0 bridgehead atoms. The number of likely N-dealkylation sites (tertiary alicyclic amines) is 1. The van der Waals surface area contributed by atoms with Gasteiger partial charge in [0.1, 0.15) is 41.4 Å². The molecule has 2 saturated heterocycles. The molecule has 0 saturated carbocycles. The van der Waals surface area contributed by atoms with Gasteiger partial charge in [0.25, 0.3) is 5.91 Å². The lowest BCUT2D eigenvalue weighted by Crippen LogP contribution is -2.36. The van der Waals surface area contributed by atoms with E-state index in [9.17, 15) is 22.8 Å². The van der Waals surface area contributed by atoms with Gasteiger partial charge in [-0.15, -0.1) is 0 Å². The summed E-state index contributed by atoms with van der Waals surface area (Å²) in [6.45, 7) is -2.15. The van der Waals surface area contributed by atoms with E-state index in [1.807, 2.05) is 4.90 Å². The van der Waals surface area contributed by atoms with Crippen molar-refractivity contribution in [2.45, 2.75) is 31.3 Å². The average Bonchev–Trinajstić information content (AvgIpc) is 3.38. The Kier molecular flexibility index (Phi) is 10.8. The SMILES string of the molecule is COc1cc(C2CCN(CCF)CC2)nc(N2C[C@@H](c3c(F)cc(OC)cc3F)C(CNC(=O)c3ccc(OC(F)F)cc3)C2=O)c1. The Morgan fingerprint density at radius 1 is 0.979 bits per heavy atom. The van der Waals surface area contributed by atoms with E-state index in [4.69, 9.17) is 14.5 Å². The van der Waals surface area contributed by atoms with Gasteiger partial charge in [-0.2, -0.15) is 8.78 Å². The summed E-state index contributed by atoms with van der Waals surface area (Å²) < 4.78 is 83.6. The highest BCUT2D eigenvalue weighted by Gasteiger charge is 2.45. The van der Waals surface area contributed by atoms with Crippen LogP contribution in [0.25, 0.3) is 0 Å². The molecule has 1 N–H and O–H groups in total. The van der Waals surface area contributed by atoms with E-state index < -0.39 is 48.6 Å². The Bertz CT molecular complexity index is 1550. The molecule has 3 heterocycles. The summed E-state index contributed by atoms with van der Waals surface area (Å²) in [6, 6.07) is 10.4. The first-order chi connectivity index (χ1) is 22.6. The number of anilines is 1. The maximum Gasteiger partial charge on any atom is 0.387 e. The smallest absolute Gasteiger partial charge is 0.387 e. The number of hydrogen-bond acceptors (Lipinski definition) is 7. The van der Waals surface area contributed by atoms with Crippen molar-refractivity contribution in [1.82, 2.24) is 15.2 Å². The highest BCUT2D eigenvalue weighted by Crippen LogP contribution is 2.41. The molecule has 2 atom stereocenters. The molecule has 1 unspecified atom stereocenters. The zero-order valence-electron chi connectivity index (χ0n) is 25.9. The maximum atomic E-state index is 15.4. The largest absolute Gasteiger partial charge is 0.497 e. The van der Waals surface area contributed by atoms with Crippen molar-refractivity contribution in [1.29, 1.82) is 0 Å². The summed E-state index contributed by atoms with van der Waals surface area (Å²) in [4.78, 5) is 35.2. The number of nitrogens with one attached hydrogen (secondary N) is 1. The Balaban J connectivity index is 1.43. The number of halogens is 5. The summed E-state index contributed by atoms with van der Waals surface area (Å²) in [6.07, 6.45) is 1.45. The molecular weight excluding hydrogens is 627 g/mol.